The highest BCUT2D eigenvalue weighted by Crippen LogP contribution is 2.16. The van der Waals surface area contributed by atoms with E-state index < -0.39 is 23.3 Å². The summed E-state index contributed by atoms with van der Waals surface area (Å²) in [5.74, 6) is -2.80. The lowest BCUT2D eigenvalue weighted by atomic mass is 10.1. The molecule has 2 nitrogen and oxygen atoms in total. The third-order valence-electron chi connectivity index (χ3n) is 2.59. The average molecular weight is 282 g/mol. The third kappa shape index (κ3) is 3.14. The molecule has 0 fully saturated rings. The minimum absolute atomic E-state index is 0.0416. The van der Waals surface area contributed by atoms with Gasteiger partial charge in [-0.15, -0.1) is 0 Å². The molecule has 0 bridgehead atoms. The van der Waals surface area contributed by atoms with Gasteiger partial charge in [-0.25, -0.2) is 17.6 Å². The second kappa shape index (κ2) is 5.73. The normalized spacial score (nSPS) is 11.6. The maximum absolute atomic E-state index is 13.5. The van der Waals surface area contributed by atoms with E-state index in [1.165, 1.54) is 6.92 Å². The van der Waals surface area contributed by atoms with Crippen molar-refractivity contribution < 1.29 is 17.6 Å². The van der Waals surface area contributed by atoms with Crippen molar-refractivity contribution in [3.05, 3.63) is 65.2 Å². The molecule has 0 unspecified atom stereocenters. The number of hydrogen-bond acceptors (Lipinski definition) is 2. The van der Waals surface area contributed by atoms with Crippen molar-refractivity contribution >= 4 is 11.4 Å². The summed E-state index contributed by atoms with van der Waals surface area (Å²) in [6.45, 7) is 1.44. The van der Waals surface area contributed by atoms with Gasteiger partial charge in [-0.2, -0.15) is 5.10 Å². The summed E-state index contributed by atoms with van der Waals surface area (Å²) in [5, 5.41) is 3.75. The molecule has 0 saturated carbocycles. The van der Waals surface area contributed by atoms with E-state index in [1.54, 1.807) is 0 Å². The van der Waals surface area contributed by atoms with Gasteiger partial charge in [-0.1, -0.05) is 0 Å². The predicted molar refractivity (Wildman–Crippen MR) is 68.5 cm³/mol. The number of benzene rings is 2. The van der Waals surface area contributed by atoms with Crippen molar-refractivity contribution in [2.75, 3.05) is 5.43 Å². The van der Waals surface area contributed by atoms with Crippen molar-refractivity contribution in [2.45, 2.75) is 6.92 Å². The Morgan fingerprint density at radius 1 is 0.900 bits per heavy atom. The fraction of sp³-hybridized carbons (Fsp3) is 0.0714. The van der Waals surface area contributed by atoms with Gasteiger partial charge in [-0.05, 0) is 37.3 Å². The Balaban J connectivity index is 2.24. The zero-order chi connectivity index (χ0) is 14.7. The third-order valence-corrected chi connectivity index (χ3v) is 2.59. The minimum atomic E-state index is -0.832. The molecule has 0 spiro atoms. The highest BCUT2D eigenvalue weighted by molar-refractivity contribution is 5.99. The molecule has 0 aliphatic rings. The summed E-state index contributed by atoms with van der Waals surface area (Å²) in [5.41, 5.74) is 2.36. The van der Waals surface area contributed by atoms with Crippen LogP contribution in [0.2, 0.25) is 0 Å². The van der Waals surface area contributed by atoms with Gasteiger partial charge in [0.05, 0.1) is 11.4 Å². The van der Waals surface area contributed by atoms with E-state index in [4.69, 9.17) is 0 Å². The smallest absolute Gasteiger partial charge is 0.151 e. The molecule has 6 heteroatoms. The van der Waals surface area contributed by atoms with Crippen LogP contribution in [0.1, 0.15) is 12.5 Å². The van der Waals surface area contributed by atoms with Crippen LogP contribution in [0.15, 0.2) is 41.5 Å². The molecule has 0 atom stereocenters. The van der Waals surface area contributed by atoms with Crippen LogP contribution in [0.3, 0.4) is 0 Å². The summed E-state index contributed by atoms with van der Waals surface area (Å²) >= 11 is 0. The number of rotatable bonds is 3. The quantitative estimate of drug-likeness (QED) is 0.512. The van der Waals surface area contributed by atoms with Crippen LogP contribution in [0.4, 0.5) is 23.2 Å². The van der Waals surface area contributed by atoms with Crippen molar-refractivity contribution in [3.8, 4) is 0 Å². The van der Waals surface area contributed by atoms with Gasteiger partial charge in [0.1, 0.15) is 17.5 Å². The largest absolute Gasteiger partial charge is 0.275 e. The molecule has 2 aromatic carbocycles. The fourth-order valence-corrected chi connectivity index (χ4v) is 1.56. The Hall–Kier alpha value is -2.37. The lowest BCUT2D eigenvalue weighted by Gasteiger charge is -2.06. The van der Waals surface area contributed by atoms with Gasteiger partial charge in [-0.3, -0.25) is 5.43 Å². The van der Waals surface area contributed by atoms with Crippen molar-refractivity contribution in [3.63, 3.8) is 0 Å². The molecular weight excluding hydrogens is 272 g/mol. The molecule has 0 aliphatic heterocycles. The van der Waals surface area contributed by atoms with E-state index in [0.29, 0.717) is 6.07 Å². The number of nitrogens with one attached hydrogen (secondary N) is 1. The summed E-state index contributed by atoms with van der Waals surface area (Å²) in [7, 11) is 0. The van der Waals surface area contributed by atoms with Crippen LogP contribution in [0.25, 0.3) is 0 Å². The lowest BCUT2D eigenvalue weighted by Crippen LogP contribution is -2.04. The molecule has 0 aliphatic carbocycles. The summed E-state index contributed by atoms with van der Waals surface area (Å²) < 4.78 is 52.6. The fourth-order valence-electron chi connectivity index (χ4n) is 1.56. The van der Waals surface area contributed by atoms with Gasteiger partial charge < -0.3 is 0 Å². The molecular formula is C14H10F4N2. The van der Waals surface area contributed by atoms with E-state index in [2.05, 4.69) is 10.5 Å². The molecule has 0 amide bonds. The average Bonchev–Trinajstić information content (AvgIpc) is 2.40. The van der Waals surface area contributed by atoms with Crippen molar-refractivity contribution in [1.82, 2.24) is 0 Å². The first kappa shape index (κ1) is 14.0. The van der Waals surface area contributed by atoms with Crippen LogP contribution in [0, 0.1) is 23.3 Å². The van der Waals surface area contributed by atoms with E-state index >= 15 is 0 Å². The molecule has 0 aromatic heterocycles. The van der Waals surface area contributed by atoms with E-state index in [0.717, 1.165) is 30.3 Å². The van der Waals surface area contributed by atoms with E-state index in [9.17, 15) is 17.6 Å². The van der Waals surface area contributed by atoms with Crippen LogP contribution < -0.4 is 5.43 Å². The molecule has 0 heterocycles. The lowest BCUT2D eigenvalue weighted by molar-refractivity contribution is 0.585. The van der Waals surface area contributed by atoms with Crippen LogP contribution in [-0.2, 0) is 0 Å². The Morgan fingerprint density at radius 3 is 2.25 bits per heavy atom. The number of hydrogen-bond donors (Lipinski definition) is 1. The standard InChI is InChI=1S/C14H10F4N2/c1-8(11-6-9(15)2-4-12(11)17)19-20-14-5-3-10(16)7-13(14)18/h2-7,20H,1H3/b19-8-. The molecule has 20 heavy (non-hydrogen) atoms. The highest BCUT2D eigenvalue weighted by atomic mass is 19.1. The molecule has 2 rings (SSSR count). The van der Waals surface area contributed by atoms with Gasteiger partial charge >= 0.3 is 0 Å². The molecule has 2 aromatic rings. The molecule has 0 radical (unpaired) electrons. The van der Waals surface area contributed by atoms with Gasteiger partial charge in [0.2, 0.25) is 0 Å². The zero-order valence-electron chi connectivity index (χ0n) is 10.4. The van der Waals surface area contributed by atoms with E-state index in [1.807, 2.05) is 0 Å². The zero-order valence-corrected chi connectivity index (χ0v) is 10.4. The molecule has 0 saturated heterocycles. The maximum Gasteiger partial charge on any atom is 0.151 e. The topological polar surface area (TPSA) is 24.4 Å². The summed E-state index contributed by atoms with van der Waals surface area (Å²) in [6.07, 6.45) is 0. The van der Waals surface area contributed by atoms with Crippen molar-refractivity contribution in [2.24, 2.45) is 5.10 Å². The summed E-state index contributed by atoms with van der Waals surface area (Å²) in [4.78, 5) is 0. The predicted octanol–water partition coefficient (Wildman–Crippen LogP) is 4.08. The number of nitrogens with zero attached hydrogens (tertiary/aromatic N) is 1. The van der Waals surface area contributed by atoms with Gasteiger partial charge in [0.15, 0.2) is 5.82 Å². The molecule has 104 valence electrons. The number of hydrazone groups is 1. The second-order valence-corrected chi connectivity index (χ2v) is 4.06. The second-order valence-electron chi connectivity index (χ2n) is 4.06. The number of anilines is 1. The van der Waals surface area contributed by atoms with Gasteiger partial charge in [0, 0.05) is 11.6 Å². The monoisotopic (exact) mass is 282 g/mol. The Bertz CT molecular complexity index is 668. The number of halogens is 4. The first-order valence-corrected chi connectivity index (χ1v) is 5.68. The first-order valence-electron chi connectivity index (χ1n) is 5.68. The Labute approximate surface area is 112 Å². The van der Waals surface area contributed by atoms with Crippen molar-refractivity contribution in [1.29, 1.82) is 0 Å². The molecule has 1 N–H and O–H groups in total. The SMILES string of the molecule is C/C(=N/Nc1ccc(F)cc1F)c1cc(F)ccc1F. The summed E-state index contributed by atoms with van der Waals surface area (Å²) in [6, 6.07) is 5.84. The van der Waals surface area contributed by atoms with Crippen LogP contribution in [-0.4, -0.2) is 5.71 Å². The Kier molecular flexibility index (Phi) is 4.02. The maximum atomic E-state index is 13.5. The van der Waals surface area contributed by atoms with Crippen LogP contribution in [0.5, 0.6) is 0 Å². The highest BCUT2D eigenvalue weighted by Gasteiger charge is 2.08. The van der Waals surface area contributed by atoms with E-state index in [-0.39, 0.29) is 17.0 Å². The Morgan fingerprint density at radius 2 is 1.55 bits per heavy atom. The van der Waals surface area contributed by atoms with Crippen LogP contribution >= 0.6 is 0 Å². The van der Waals surface area contributed by atoms with Gasteiger partial charge in [0.25, 0.3) is 0 Å². The minimum Gasteiger partial charge on any atom is -0.275 e. The first-order chi connectivity index (χ1) is 9.47.